The third kappa shape index (κ3) is 4.69. The third-order valence-corrected chi connectivity index (χ3v) is 4.87. The van der Waals surface area contributed by atoms with Crippen molar-refractivity contribution in [3.05, 3.63) is 47.8 Å². The Morgan fingerprint density at radius 1 is 1.37 bits per heavy atom. The number of carbonyl (C=O) groups is 2. The summed E-state index contributed by atoms with van der Waals surface area (Å²) in [5.74, 6) is 0.0928. The Kier molecular flexibility index (Phi) is 6.16. The lowest BCUT2D eigenvalue weighted by Crippen LogP contribution is -2.45. The van der Waals surface area contributed by atoms with Crippen molar-refractivity contribution in [1.82, 2.24) is 25.0 Å². The Bertz CT molecular complexity index is 807. The predicted molar refractivity (Wildman–Crippen MR) is 97.0 cm³/mol. The van der Waals surface area contributed by atoms with E-state index < -0.39 is 0 Å². The first-order valence-corrected chi connectivity index (χ1v) is 9.24. The van der Waals surface area contributed by atoms with Crippen molar-refractivity contribution in [2.45, 2.75) is 39.3 Å². The van der Waals surface area contributed by atoms with Crippen LogP contribution in [0.2, 0.25) is 0 Å². The lowest BCUT2D eigenvalue weighted by molar-refractivity contribution is -0.138. The van der Waals surface area contributed by atoms with E-state index in [1.54, 1.807) is 29.4 Å². The van der Waals surface area contributed by atoms with Crippen molar-refractivity contribution in [2.75, 3.05) is 13.1 Å². The van der Waals surface area contributed by atoms with Crippen LogP contribution in [0.1, 0.15) is 31.2 Å². The Morgan fingerprint density at radius 2 is 2.19 bits per heavy atom. The van der Waals surface area contributed by atoms with Crippen molar-refractivity contribution >= 4 is 11.8 Å². The molecule has 1 aliphatic heterocycles. The van der Waals surface area contributed by atoms with Crippen LogP contribution in [0.5, 0.6) is 0 Å². The number of carbonyl (C=O) groups excluding carboxylic acids is 2. The summed E-state index contributed by atoms with van der Waals surface area (Å²) in [6.07, 6.45) is 3.09. The Labute approximate surface area is 157 Å². The maximum atomic E-state index is 13.9. The number of likely N-dealkylation sites (tertiary alicyclic amines) is 1. The van der Waals surface area contributed by atoms with E-state index in [0.717, 1.165) is 12.4 Å². The highest BCUT2D eigenvalue weighted by Crippen LogP contribution is 2.21. The van der Waals surface area contributed by atoms with Gasteiger partial charge in [0.1, 0.15) is 18.0 Å². The van der Waals surface area contributed by atoms with E-state index in [4.69, 9.17) is 0 Å². The monoisotopic (exact) mass is 373 g/mol. The fraction of sp³-hybridized carbons (Fsp3) is 0.474. The van der Waals surface area contributed by atoms with Gasteiger partial charge in [-0.1, -0.05) is 18.2 Å². The van der Waals surface area contributed by atoms with Gasteiger partial charge in [-0.25, -0.2) is 4.39 Å². The molecule has 1 aliphatic rings. The Morgan fingerprint density at radius 3 is 2.96 bits per heavy atom. The van der Waals surface area contributed by atoms with E-state index in [1.165, 1.54) is 6.07 Å². The quantitative estimate of drug-likeness (QED) is 0.798. The maximum Gasteiger partial charge on any atom is 0.224 e. The highest BCUT2D eigenvalue weighted by molar-refractivity contribution is 5.83. The Hall–Kier alpha value is -2.77. The first kappa shape index (κ1) is 19.0. The molecule has 2 aromatic rings. The first-order chi connectivity index (χ1) is 13.1. The zero-order chi connectivity index (χ0) is 19.2. The summed E-state index contributed by atoms with van der Waals surface area (Å²) in [5.41, 5.74) is 0.464. The van der Waals surface area contributed by atoms with Crippen LogP contribution in [0.4, 0.5) is 4.39 Å². The molecule has 1 atom stereocenters. The molecule has 1 saturated heterocycles. The molecule has 7 nitrogen and oxygen atoms in total. The molecule has 8 heteroatoms. The van der Waals surface area contributed by atoms with E-state index in [1.807, 2.05) is 11.5 Å². The summed E-state index contributed by atoms with van der Waals surface area (Å²) in [5, 5.41) is 10.8. The second-order valence-corrected chi connectivity index (χ2v) is 6.68. The number of hydrogen-bond donors (Lipinski definition) is 1. The molecule has 1 fully saturated rings. The van der Waals surface area contributed by atoms with Crippen molar-refractivity contribution in [2.24, 2.45) is 5.92 Å². The SMILES string of the molecule is CCn1cnnc1CCNC(=O)C1CCC(=O)N(Cc2ccccc2F)C1. The number of benzene rings is 1. The average Bonchev–Trinajstić information content (AvgIpc) is 3.12. The summed E-state index contributed by atoms with van der Waals surface area (Å²) in [4.78, 5) is 26.2. The van der Waals surface area contributed by atoms with E-state index in [0.29, 0.717) is 37.9 Å². The number of nitrogens with zero attached hydrogens (tertiary/aromatic N) is 4. The van der Waals surface area contributed by atoms with Gasteiger partial charge in [0.25, 0.3) is 0 Å². The minimum Gasteiger partial charge on any atom is -0.355 e. The molecule has 144 valence electrons. The van der Waals surface area contributed by atoms with Crippen molar-refractivity contribution in [3.63, 3.8) is 0 Å². The molecule has 1 N–H and O–H groups in total. The van der Waals surface area contributed by atoms with Crippen LogP contribution in [0.25, 0.3) is 0 Å². The van der Waals surface area contributed by atoms with E-state index in [2.05, 4.69) is 15.5 Å². The van der Waals surface area contributed by atoms with E-state index in [-0.39, 0.29) is 30.1 Å². The second kappa shape index (κ2) is 8.75. The molecule has 0 bridgehead atoms. The number of aryl methyl sites for hydroxylation is 1. The van der Waals surface area contributed by atoms with Crippen molar-refractivity contribution < 1.29 is 14.0 Å². The topological polar surface area (TPSA) is 80.1 Å². The van der Waals surface area contributed by atoms with Gasteiger partial charge in [0.05, 0.1) is 5.92 Å². The zero-order valence-corrected chi connectivity index (χ0v) is 15.4. The fourth-order valence-electron chi connectivity index (χ4n) is 3.29. The van der Waals surface area contributed by atoms with E-state index in [9.17, 15) is 14.0 Å². The van der Waals surface area contributed by atoms with Gasteiger partial charge in [-0.3, -0.25) is 9.59 Å². The van der Waals surface area contributed by atoms with Crippen LogP contribution >= 0.6 is 0 Å². The number of rotatable bonds is 7. The molecule has 3 rings (SSSR count). The molecule has 27 heavy (non-hydrogen) atoms. The highest BCUT2D eigenvalue weighted by atomic mass is 19.1. The minimum atomic E-state index is -0.336. The van der Waals surface area contributed by atoms with Crippen LogP contribution in [-0.4, -0.2) is 44.6 Å². The fourth-order valence-corrected chi connectivity index (χ4v) is 3.29. The zero-order valence-electron chi connectivity index (χ0n) is 15.4. The van der Waals surface area contributed by atoms with Crippen molar-refractivity contribution in [3.8, 4) is 0 Å². The molecule has 2 heterocycles. The molecule has 1 aromatic carbocycles. The average molecular weight is 373 g/mol. The molecule has 0 aliphatic carbocycles. The number of hydrogen-bond acceptors (Lipinski definition) is 4. The largest absolute Gasteiger partial charge is 0.355 e. The van der Waals surface area contributed by atoms with Gasteiger partial charge in [-0.15, -0.1) is 10.2 Å². The summed E-state index contributed by atoms with van der Waals surface area (Å²) >= 11 is 0. The van der Waals surface area contributed by atoms with Gasteiger partial charge in [0.2, 0.25) is 11.8 Å². The number of amides is 2. The minimum absolute atomic E-state index is 0.0432. The summed E-state index contributed by atoms with van der Waals surface area (Å²) in [6.45, 7) is 3.76. The van der Waals surface area contributed by atoms with Gasteiger partial charge < -0.3 is 14.8 Å². The summed E-state index contributed by atoms with van der Waals surface area (Å²) < 4.78 is 15.8. The number of nitrogens with one attached hydrogen (secondary N) is 1. The van der Waals surface area contributed by atoms with Gasteiger partial charge in [-0.2, -0.15) is 0 Å². The molecule has 0 saturated carbocycles. The lowest BCUT2D eigenvalue weighted by atomic mass is 9.96. The Balaban J connectivity index is 1.53. The van der Waals surface area contributed by atoms with Crippen molar-refractivity contribution in [1.29, 1.82) is 0 Å². The van der Waals surface area contributed by atoms with Gasteiger partial charge in [0.15, 0.2) is 0 Å². The van der Waals surface area contributed by atoms with Gasteiger partial charge >= 0.3 is 0 Å². The summed E-state index contributed by atoms with van der Waals surface area (Å²) in [6, 6.07) is 6.40. The maximum absolute atomic E-state index is 13.9. The van der Waals surface area contributed by atoms with Gasteiger partial charge in [0, 0.05) is 44.6 Å². The third-order valence-electron chi connectivity index (χ3n) is 4.87. The molecule has 0 spiro atoms. The lowest BCUT2D eigenvalue weighted by Gasteiger charge is -2.32. The molecule has 1 aromatic heterocycles. The second-order valence-electron chi connectivity index (χ2n) is 6.68. The van der Waals surface area contributed by atoms with Gasteiger partial charge in [-0.05, 0) is 19.4 Å². The number of halogens is 1. The van der Waals surface area contributed by atoms with Crippen LogP contribution < -0.4 is 5.32 Å². The predicted octanol–water partition coefficient (Wildman–Crippen LogP) is 1.53. The standard InChI is InChI=1S/C19H24FN5O2/c1-2-24-13-22-23-17(24)9-10-21-19(27)15-7-8-18(26)25(12-15)11-14-5-3-4-6-16(14)20/h3-6,13,15H,2,7-12H2,1H3,(H,21,27). The molecule has 0 radical (unpaired) electrons. The molecule has 1 unspecified atom stereocenters. The molecular weight excluding hydrogens is 349 g/mol. The number of aromatic nitrogens is 3. The normalized spacial score (nSPS) is 17.2. The van der Waals surface area contributed by atoms with Crippen LogP contribution in [0, 0.1) is 11.7 Å². The van der Waals surface area contributed by atoms with Crippen LogP contribution in [-0.2, 0) is 29.1 Å². The first-order valence-electron chi connectivity index (χ1n) is 9.24. The smallest absolute Gasteiger partial charge is 0.224 e. The van der Waals surface area contributed by atoms with Crippen LogP contribution in [0.3, 0.4) is 0 Å². The summed E-state index contributed by atoms with van der Waals surface area (Å²) in [7, 11) is 0. The van der Waals surface area contributed by atoms with E-state index >= 15 is 0 Å². The molecular formula is C19H24FN5O2. The highest BCUT2D eigenvalue weighted by Gasteiger charge is 2.30. The molecule has 2 amide bonds. The van der Waals surface area contributed by atoms with Crippen LogP contribution in [0.15, 0.2) is 30.6 Å². The number of piperidine rings is 1.